The molecule has 0 unspecified atom stereocenters. The van der Waals surface area contributed by atoms with Crippen molar-refractivity contribution in [2.45, 2.75) is 39.7 Å². The number of thiophene rings is 1. The van der Waals surface area contributed by atoms with Gasteiger partial charge in [-0.15, -0.1) is 11.3 Å². The summed E-state index contributed by atoms with van der Waals surface area (Å²) in [7, 11) is 0. The number of aryl methyl sites for hydroxylation is 1. The molecule has 92 valence electrons. The van der Waals surface area contributed by atoms with Crippen LogP contribution in [0, 0.1) is 4.77 Å². The Kier molecular flexibility index (Phi) is 3.79. The molecule has 0 aliphatic rings. The van der Waals surface area contributed by atoms with E-state index in [2.05, 4.69) is 18.8 Å². The fraction of sp³-hybridized carbons (Fsp3) is 0.500. The van der Waals surface area contributed by atoms with Gasteiger partial charge in [-0.1, -0.05) is 20.3 Å². The number of aromatic amines is 1. The van der Waals surface area contributed by atoms with Gasteiger partial charge in [-0.2, -0.15) is 0 Å². The van der Waals surface area contributed by atoms with Crippen LogP contribution in [0.4, 0.5) is 0 Å². The van der Waals surface area contributed by atoms with E-state index >= 15 is 0 Å². The Morgan fingerprint density at radius 1 is 1.47 bits per heavy atom. The van der Waals surface area contributed by atoms with Crippen LogP contribution < -0.4 is 5.56 Å². The van der Waals surface area contributed by atoms with Gasteiger partial charge in [0.2, 0.25) is 0 Å². The second-order valence-electron chi connectivity index (χ2n) is 4.05. The molecule has 0 fully saturated rings. The SMILES string of the molecule is CCCCn1c(=S)[nH]c2sc(CC)cc2c1=O. The summed E-state index contributed by atoms with van der Waals surface area (Å²) >= 11 is 6.86. The van der Waals surface area contributed by atoms with Crippen molar-refractivity contribution >= 4 is 33.8 Å². The quantitative estimate of drug-likeness (QED) is 0.862. The zero-order valence-electron chi connectivity index (χ0n) is 10.1. The third-order valence-electron chi connectivity index (χ3n) is 2.81. The second kappa shape index (κ2) is 5.14. The average Bonchev–Trinajstić information content (AvgIpc) is 2.72. The van der Waals surface area contributed by atoms with E-state index in [0.29, 0.717) is 11.3 Å². The third kappa shape index (κ3) is 2.35. The Morgan fingerprint density at radius 3 is 2.88 bits per heavy atom. The molecule has 2 aromatic heterocycles. The molecule has 0 amide bonds. The molecule has 2 rings (SSSR count). The molecule has 3 nitrogen and oxygen atoms in total. The molecule has 0 saturated heterocycles. The Balaban J connectivity index is 2.62. The summed E-state index contributed by atoms with van der Waals surface area (Å²) in [6, 6.07) is 1.98. The maximum absolute atomic E-state index is 12.3. The Bertz CT molecular complexity index is 636. The molecule has 17 heavy (non-hydrogen) atoms. The first-order valence-corrected chi connectivity index (χ1v) is 7.15. The molecule has 0 aromatic carbocycles. The average molecular weight is 268 g/mol. The van der Waals surface area contributed by atoms with Gasteiger partial charge in [0, 0.05) is 11.4 Å². The molecule has 0 bridgehead atoms. The summed E-state index contributed by atoms with van der Waals surface area (Å²) in [5.74, 6) is 0. The van der Waals surface area contributed by atoms with Crippen molar-refractivity contribution in [1.29, 1.82) is 0 Å². The lowest BCUT2D eigenvalue weighted by Gasteiger charge is -2.04. The highest BCUT2D eigenvalue weighted by Crippen LogP contribution is 2.21. The van der Waals surface area contributed by atoms with E-state index in [1.54, 1.807) is 15.9 Å². The Labute approximate surface area is 109 Å². The van der Waals surface area contributed by atoms with E-state index < -0.39 is 0 Å². The van der Waals surface area contributed by atoms with Gasteiger partial charge in [-0.25, -0.2) is 0 Å². The maximum atomic E-state index is 12.3. The topological polar surface area (TPSA) is 37.8 Å². The van der Waals surface area contributed by atoms with Crippen LogP contribution in [0.15, 0.2) is 10.9 Å². The highest BCUT2D eigenvalue weighted by atomic mass is 32.1. The molecule has 5 heteroatoms. The summed E-state index contributed by atoms with van der Waals surface area (Å²) in [4.78, 5) is 17.6. The standard InChI is InChI=1S/C12H16N2OS2/c1-3-5-6-14-11(15)9-7-8(4-2)17-10(9)13-12(14)16/h7H,3-6H2,1-2H3,(H,13,16). The number of nitrogens with zero attached hydrogens (tertiary/aromatic N) is 1. The first kappa shape index (κ1) is 12.5. The summed E-state index contributed by atoms with van der Waals surface area (Å²) in [5.41, 5.74) is 0.0492. The highest BCUT2D eigenvalue weighted by molar-refractivity contribution is 7.71. The predicted molar refractivity (Wildman–Crippen MR) is 75.6 cm³/mol. The molecule has 0 saturated carbocycles. The van der Waals surface area contributed by atoms with Crippen molar-refractivity contribution < 1.29 is 0 Å². The molecular weight excluding hydrogens is 252 g/mol. The zero-order chi connectivity index (χ0) is 12.4. The van der Waals surface area contributed by atoms with Crippen LogP contribution in [0.5, 0.6) is 0 Å². The number of rotatable bonds is 4. The number of unbranched alkanes of at least 4 members (excludes halogenated alkanes) is 1. The van der Waals surface area contributed by atoms with Crippen LogP contribution in [0.3, 0.4) is 0 Å². The third-order valence-corrected chi connectivity index (χ3v) is 4.33. The van der Waals surface area contributed by atoms with Crippen LogP contribution in [-0.4, -0.2) is 9.55 Å². The molecule has 0 aliphatic heterocycles. The first-order chi connectivity index (χ1) is 8.17. The number of hydrogen-bond acceptors (Lipinski definition) is 3. The number of H-pyrrole nitrogens is 1. The normalized spacial score (nSPS) is 11.2. The van der Waals surface area contributed by atoms with Crippen molar-refractivity contribution in [3.8, 4) is 0 Å². The van der Waals surface area contributed by atoms with Crippen LogP contribution in [0.2, 0.25) is 0 Å². The molecule has 0 radical (unpaired) electrons. The zero-order valence-corrected chi connectivity index (χ0v) is 11.7. The molecule has 0 atom stereocenters. The Morgan fingerprint density at radius 2 is 2.24 bits per heavy atom. The van der Waals surface area contributed by atoms with Crippen LogP contribution >= 0.6 is 23.6 Å². The summed E-state index contributed by atoms with van der Waals surface area (Å²) < 4.78 is 2.22. The monoisotopic (exact) mass is 268 g/mol. The number of hydrogen-bond donors (Lipinski definition) is 1. The fourth-order valence-electron chi connectivity index (χ4n) is 1.79. The summed E-state index contributed by atoms with van der Waals surface area (Å²) in [5, 5.41) is 0.775. The minimum atomic E-state index is 0.0492. The Hall–Kier alpha value is -0.940. The maximum Gasteiger partial charge on any atom is 0.263 e. The van der Waals surface area contributed by atoms with E-state index in [0.717, 1.165) is 29.5 Å². The lowest BCUT2D eigenvalue weighted by atomic mass is 10.3. The fourth-order valence-corrected chi connectivity index (χ4v) is 3.12. The van der Waals surface area contributed by atoms with Crippen molar-refractivity contribution in [2.24, 2.45) is 0 Å². The molecule has 2 heterocycles. The smallest absolute Gasteiger partial charge is 0.263 e. The first-order valence-electron chi connectivity index (χ1n) is 5.93. The van der Waals surface area contributed by atoms with Crippen LogP contribution in [0.25, 0.3) is 10.2 Å². The van der Waals surface area contributed by atoms with Gasteiger partial charge >= 0.3 is 0 Å². The van der Waals surface area contributed by atoms with Crippen LogP contribution in [0.1, 0.15) is 31.6 Å². The van der Waals surface area contributed by atoms with Crippen molar-refractivity contribution in [3.63, 3.8) is 0 Å². The summed E-state index contributed by atoms with van der Waals surface area (Å²) in [6.07, 6.45) is 2.99. The van der Waals surface area contributed by atoms with Gasteiger partial charge in [0.25, 0.3) is 5.56 Å². The lowest BCUT2D eigenvalue weighted by molar-refractivity contribution is 0.601. The van der Waals surface area contributed by atoms with E-state index in [9.17, 15) is 4.79 Å². The number of fused-ring (bicyclic) bond motifs is 1. The van der Waals surface area contributed by atoms with Crippen molar-refractivity contribution in [3.05, 3.63) is 26.1 Å². The highest BCUT2D eigenvalue weighted by Gasteiger charge is 2.08. The van der Waals surface area contributed by atoms with E-state index in [-0.39, 0.29) is 5.56 Å². The van der Waals surface area contributed by atoms with Gasteiger partial charge in [-0.05, 0) is 31.1 Å². The van der Waals surface area contributed by atoms with Crippen molar-refractivity contribution in [1.82, 2.24) is 9.55 Å². The van der Waals surface area contributed by atoms with Gasteiger partial charge in [-0.3, -0.25) is 9.36 Å². The van der Waals surface area contributed by atoms with Gasteiger partial charge in [0.1, 0.15) is 4.83 Å². The van der Waals surface area contributed by atoms with Gasteiger partial charge in [0.05, 0.1) is 5.39 Å². The minimum Gasteiger partial charge on any atom is -0.323 e. The summed E-state index contributed by atoms with van der Waals surface area (Å²) in [6.45, 7) is 4.91. The molecule has 0 spiro atoms. The molecule has 1 N–H and O–H groups in total. The molecule has 0 aliphatic carbocycles. The largest absolute Gasteiger partial charge is 0.323 e. The lowest BCUT2D eigenvalue weighted by Crippen LogP contribution is -2.21. The van der Waals surface area contributed by atoms with Gasteiger partial charge < -0.3 is 4.98 Å². The van der Waals surface area contributed by atoms with Crippen molar-refractivity contribution in [2.75, 3.05) is 0 Å². The van der Waals surface area contributed by atoms with E-state index in [4.69, 9.17) is 12.2 Å². The van der Waals surface area contributed by atoms with Gasteiger partial charge in [0.15, 0.2) is 4.77 Å². The molecule has 2 aromatic rings. The van der Waals surface area contributed by atoms with E-state index in [1.807, 2.05) is 6.07 Å². The minimum absolute atomic E-state index is 0.0492. The number of nitrogens with one attached hydrogen (secondary N) is 1. The molecular formula is C12H16N2OS2. The van der Waals surface area contributed by atoms with E-state index in [1.165, 1.54) is 4.88 Å². The predicted octanol–water partition coefficient (Wildman–Crippen LogP) is 3.48. The second-order valence-corrected chi connectivity index (χ2v) is 5.57. The van der Waals surface area contributed by atoms with Crippen LogP contribution in [-0.2, 0) is 13.0 Å². The number of aromatic nitrogens is 2.